The van der Waals surface area contributed by atoms with Crippen molar-refractivity contribution >= 4 is 17.6 Å². The van der Waals surface area contributed by atoms with Crippen LogP contribution < -0.4 is 11.1 Å². The second-order valence-electron chi connectivity index (χ2n) is 5.35. The van der Waals surface area contributed by atoms with Gasteiger partial charge in [0.1, 0.15) is 6.54 Å². The summed E-state index contributed by atoms with van der Waals surface area (Å²) in [7, 11) is 0. The summed E-state index contributed by atoms with van der Waals surface area (Å²) in [6.45, 7) is 0.270. The Kier molecular flexibility index (Phi) is 4.58. The Labute approximate surface area is 133 Å². The molecule has 116 valence electrons. The summed E-state index contributed by atoms with van der Waals surface area (Å²) >= 11 is 5.86. The lowest BCUT2D eigenvalue weighted by atomic mass is 10.2. The molecule has 1 heterocycles. The zero-order chi connectivity index (χ0) is 15.4. The lowest BCUT2D eigenvalue weighted by molar-refractivity contribution is 0.380. The molecule has 2 aromatic rings. The molecule has 3 rings (SSSR count). The van der Waals surface area contributed by atoms with Gasteiger partial charge in [-0.05, 0) is 37.1 Å². The summed E-state index contributed by atoms with van der Waals surface area (Å²) in [6.07, 6.45) is 4.80. The molecule has 22 heavy (non-hydrogen) atoms. The third kappa shape index (κ3) is 3.76. The minimum absolute atomic E-state index is 0.270. The van der Waals surface area contributed by atoms with E-state index in [4.69, 9.17) is 21.9 Å². The van der Waals surface area contributed by atoms with E-state index in [1.165, 1.54) is 12.8 Å². The SMILES string of the molecule is NC(=NCc1nc(-c2ccc(Cl)cc2)no1)NC1CCCC1. The molecule has 1 aromatic carbocycles. The van der Waals surface area contributed by atoms with E-state index >= 15 is 0 Å². The zero-order valence-electron chi connectivity index (χ0n) is 12.1. The molecular formula is C15H18ClN5O. The van der Waals surface area contributed by atoms with Gasteiger partial charge in [0, 0.05) is 16.6 Å². The standard InChI is InChI=1S/C15H18ClN5O/c16-11-7-5-10(6-8-11)14-20-13(22-21-14)9-18-15(17)19-12-3-1-2-4-12/h5-8,12H,1-4,9H2,(H3,17,18,19). The molecule has 1 aromatic heterocycles. The van der Waals surface area contributed by atoms with E-state index in [2.05, 4.69) is 20.4 Å². The van der Waals surface area contributed by atoms with Crippen LogP contribution in [0.4, 0.5) is 0 Å². The van der Waals surface area contributed by atoms with Crippen molar-refractivity contribution in [2.75, 3.05) is 0 Å². The van der Waals surface area contributed by atoms with Crippen molar-refractivity contribution < 1.29 is 4.52 Å². The molecule has 7 heteroatoms. The molecule has 1 aliphatic rings. The highest BCUT2D eigenvalue weighted by Gasteiger charge is 2.15. The van der Waals surface area contributed by atoms with E-state index in [0.29, 0.717) is 28.7 Å². The largest absolute Gasteiger partial charge is 0.370 e. The second kappa shape index (κ2) is 6.79. The fourth-order valence-corrected chi connectivity index (χ4v) is 2.64. The van der Waals surface area contributed by atoms with Crippen LogP contribution in [0.25, 0.3) is 11.4 Å². The minimum atomic E-state index is 0.270. The van der Waals surface area contributed by atoms with Crippen molar-refractivity contribution in [3.05, 3.63) is 35.2 Å². The van der Waals surface area contributed by atoms with Crippen LogP contribution in [0.5, 0.6) is 0 Å². The number of halogens is 1. The molecule has 0 amide bonds. The molecule has 1 saturated carbocycles. The first-order valence-corrected chi connectivity index (χ1v) is 7.73. The maximum absolute atomic E-state index is 5.87. The smallest absolute Gasteiger partial charge is 0.248 e. The molecule has 6 nitrogen and oxygen atoms in total. The van der Waals surface area contributed by atoms with Gasteiger partial charge in [0.05, 0.1) is 0 Å². The van der Waals surface area contributed by atoms with Gasteiger partial charge in [0.25, 0.3) is 0 Å². The van der Waals surface area contributed by atoms with Crippen LogP contribution in [-0.2, 0) is 6.54 Å². The lowest BCUT2D eigenvalue weighted by Crippen LogP contribution is -2.38. The van der Waals surface area contributed by atoms with Crippen LogP contribution >= 0.6 is 11.6 Å². The summed E-state index contributed by atoms with van der Waals surface area (Å²) in [5.74, 6) is 1.38. The highest BCUT2D eigenvalue weighted by molar-refractivity contribution is 6.30. The molecule has 0 atom stereocenters. The van der Waals surface area contributed by atoms with Crippen molar-refractivity contribution in [1.82, 2.24) is 15.5 Å². The predicted molar refractivity (Wildman–Crippen MR) is 85.5 cm³/mol. The van der Waals surface area contributed by atoms with Gasteiger partial charge in [-0.1, -0.05) is 29.6 Å². The summed E-state index contributed by atoms with van der Waals surface area (Å²) < 4.78 is 5.19. The normalized spacial score (nSPS) is 16.1. The number of guanidine groups is 1. The van der Waals surface area contributed by atoms with Gasteiger partial charge in [-0.2, -0.15) is 4.98 Å². The third-order valence-electron chi connectivity index (χ3n) is 3.66. The molecule has 0 spiro atoms. The lowest BCUT2D eigenvalue weighted by Gasteiger charge is -2.11. The Hall–Kier alpha value is -2.08. The topological polar surface area (TPSA) is 89.3 Å². The Balaban J connectivity index is 1.60. The van der Waals surface area contributed by atoms with Crippen molar-refractivity contribution in [1.29, 1.82) is 0 Å². The Morgan fingerprint density at radius 2 is 2.05 bits per heavy atom. The maximum atomic E-state index is 5.87. The molecule has 0 saturated heterocycles. The molecule has 1 aliphatic carbocycles. The predicted octanol–water partition coefficient (Wildman–Crippen LogP) is 2.74. The molecule has 0 aliphatic heterocycles. The van der Waals surface area contributed by atoms with Crippen molar-refractivity contribution in [3.63, 3.8) is 0 Å². The third-order valence-corrected chi connectivity index (χ3v) is 3.91. The first-order chi connectivity index (χ1) is 10.7. The van der Waals surface area contributed by atoms with E-state index in [1.54, 1.807) is 12.1 Å². The van der Waals surface area contributed by atoms with Crippen LogP contribution in [0.15, 0.2) is 33.8 Å². The average Bonchev–Trinajstić information content (AvgIpc) is 3.17. The fourth-order valence-electron chi connectivity index (χ4n) is 2.51. The van der Waals surface area contributed by atoms with Crippen molar-refractivity contribution in [2.45, 2.75) is 38.3 Å². The van der Waals surface area contributed by atoms with Gasteiger partial charge >= 0.3 is 0 Å². The van der Waals surface area contributed by atoms with Gasteiger partial charge in [0.15, 0.2) is 5.96 Å². The quantitative estimate of drug-likeness (QED) is 0.668. The Morgan fingerprint density at radius 3 is 2.77 bits per heavy atom. The average molecular weight is 320 g/mol. The van der Waals surface area contributed by atoms with Crippen LogP contribution in [0, 0.1) is 0 Å². The zero-order valence-corrected chi connectivity index (χ0v) is 12.9. The Morgan fingerprint density at radius 1 is 1.32 bits per heavy atom. The summed E-state index contributed by atoms with van der Waals surface area (Å²) in [5, 5.41) is 7.82. The van der Waals surface area contributed by atoms with Crippen molar-refractivity contribution in [3.8, 4) is 11.4 Å². The van der Waals surface area contributed by atoms with Crippen LogP contribution in [-0.4, -0.2) is 22.1 Å². The molecule has 3 N–H and O–H groups in total. The molecule has 0 unspecified atom stereocenters. The molecule has 1 fully saturated rings. The summed E-state index contributed by atoms with van der Waals surface area (Å²) in [6, 6.07) is 7.70. The number of nitrogens with two attached hydrogens (primary N) is 1. The van der Waals surface area contributed by atoms with Gasteiger partial charge in [0.2, 0.25) is 11.7 Å². The molecule has 0 bridgehead atoms. The number of nitrogens with one attached hydrogen (secondary N) is 1. The van der Waals surface area contributed by atoms with E-state index in [1.807, 2.05) is 12.1 Å². The van der Waals surface area contributed by atoms with Gasteiger partial charge in [-0.3, -0.25) is 0 Å². The first-order valence-electron chi connectivity index (χ1n) is 7.36. The van der Waals surface area contributed by atoms with Gasteiger partial charge in [-0.15, -0.1) is 0 Å². The number of aliphatic imine (C=N–C) groups is 1. The number of aromatic nitrogens is 2. The van der Waals surface area contributed by atoms with Crippen LogP contribution in [0.1, 0.15) is 31.6 Å². The van der Waals surface area contributed by atoms with Crippen LogP contribution in [0.2, 0.25) is 5.02 Å². The van der Waals surface area contributed by atoms with E-state index < -0.39 is 0 Å². The van der Waals surface area contributed by atoms with Crippen LogP contribution in [0.3, 0.4) is 0 Å². The van der Waals surface area contributed by atoms with E-state index in [9.17, 15) is 0 Å². The highest BCUT2D eigenvalue weighted by atomic mass is 35.5. The molecule has 0 radical (unpaired) electrons. The summed E-state index contributed by atoms with van der Waals surface area (Å²) in [4.78, 5) is 8.55. The second-order valence-corrected chi connectivity index (χ2v) is 5.78. The summed E-state index contributed by atoms with van der Waals surface area (Å²) in [5.41, 5.74) is 6.72. The maximum Gasteiger partial charge on any atom is 0.248 e. The van der Waals surface area contributed by atoms with Crippen molar-refractivity contribution in [2.24, 2.45) is 10.7 Å². The molecular weight excluding hydrogens is 302 g/mol. The number of nitrogens with zero attached hydrogens (tertiary/aromatic N) is 3. The Bertz CT molecular complexity index is 646. The van der Waals surface area contributed by atoms with E-state index in [0.717, 1.165) is 18.4 Å². The highest BCUT2D eigenvalue weighted by Crippen LogP contribution is 2.19. The van der Waals surface area contributed by atoms with Gasteiger partial charge < -0.3 is 15.6 Å². The number of hydrogen-bond donors (Lipinski definition) is 2. The van der Waals surface area contributed by atoms with Gasteiger partial charge in [-0.25, -0.2) is 4.99 Å². The monoisotopic (exact) mass is 319 g/mol. The number of benzene rings is 1. The number of hydrogen-bond acceptors (Lipinski definition) is 4. The number of rotatable bonds is 4. The minimum Gasteiger partial charge on any atom is -0.370 e. The first kappa shape index (κ1) is 14.8. The fraction of sp³-hybridized carbons (Fsp3) is 0.400. The van der Waals surface area contributed by atoms with E-state index in [-0.39, 0.29) is 6.54 Å².